The van der Waals surface area contributed by atoms with Gasteiger partial charge < -0.3 is 5.32 Å². The highest BCUT2D eigenvalue weighted by molar-refractivity contribution is 5.93. The molecule has 0 bridgehead atoms. The predicted molar refractivity (Wildman–Crippen MR) is 76.8 cm³/mol. The van der Waals surface area contributed by atoms with Crippen LogP contribution >= 0.6 is 0 Å². The Morgan fingerprint density at radius 3 is 3.05 bits per heavy atom. The van der Waals surface area contributed by atoms with Gasteiger partial charge in [-0.15, -0.1) is 10.2 Å². The normalized spacial score (nSPS) is 10.9. The molecule has 108 valence electrons. The number of pyridine rings is 1. The Hall–Kier alpha value is -2.70. The number of aryl methyl sites for hydroxylation is 2. The molecule has 0 saturated carbocycles. The number of aromatic nitrogens is 5. The molecule has 0 aliphatic carbocycles. The lowest BCUT2D eigenvalue weighted by atomic mass is 10.2. The summed E-state index contributed by atoms with van der Waals surface area (Å²) in [6.07, 6.45) is 6.77. The number of hydrogen-bond acceptors (Lipinski definition) is 4. The van der Waals surface area contributed by atoms with Crippen molar-refractivity contribution in [3.05, 3.63) is 48.2 Å². The molecule has 7 nitrogen and oxygen atoms in total. The number of carbonyl (C=O) groups is 1. The van der Waals surface area contributed by atoms with E-state index in [9.17, 15) is 4.79 Å². The van der Waals surface area contributed by atoms with E-state index in [1.54, 1.807) is 24.1 Å². The lowest BCUT2D eigenvalue weighted by Gasteiger charge is -2.03. The van der Waals surface area contributed by atoms with Gasteiger partial charge in [-0.05, 0) is 18.6 Å². The smallest absolute Gasteiger partial charge is 0.254 e. The molecule has 3 rings (SSSR count). The molecule has 3 heterocycles. The molecule has 0 radical (unpaired) electrons. The molecule has 7 heteroatoms. The van der Waals surface area contributed by atoms with Gasteiger partial charge in [0.25, 0.3) is 5.91 Å². The highest BCUT2D eigenvalue weighted by Gasteiger charge is 2.08. The average molecular weight is 284 g/mol. The zero-order chi connectivity index (χ0) is 14.7. The van der Waals surface area contributed by atoms with Crippen LogP contribution in [0.2, 0.25) is 0 Å². The Bertz CT molecular complexity index is 760. The Balaban J connectivity index is 1.51. The van der Waals surface area contributed by atoms with Gasteiger partial charge >= 0.3 is 0 Å². The van der Waals surface area contributed by atoms with Crippen LogP contribution < -0.4 is 5.32 Å². The second-order valence-corrected chi connectivity index (χ2v) is 4.81. The van der Waals surface area contributed by atoms with E-state index in [1.807, 2.05) is 28.8 Å². The molecule has 1 amide bonds. The van der Waals surface area contributed by atoms with E-state index >= 15 is 0 Å². The van der Waals surface area contributed by atoms with Gasteiger partial charge in [0.1, 0.15) is 5.82 Å². The van der Waals surface area contributed by atoms with Crippen molar-refractivity contribution in [2.45, 2.75) is 12.8 Å². The van der Waals surface area contributed by atoms with Crippen molar-refractivity contribution in [1.29, 1.82) is 0 Å². The first-order chi connectivity index (χ1) is 10.2. The Morgan fingerprint density at radius 1 is 1.33 bits per heavy atom. The van der Waals surface area contributed by atoms with Gasteiger partial charge in [-0.1, -0.05) is 6.07 Å². The van der Waals surface area contributed by atoms with Gasteiger partial charge in [-0.25, -0.2) is 0 Å². The number of rotatable bonds is 5. The molecule has 0 atom stereocenters. The summed E-state index contributed by atoms with van der Waals surface area (Å²) in [7, 11) is 1.78. The summed E-state index contributed by atoms with van der Waals surface area (Å²) in [5, 5.41) is 15.1. The van der Waals surface area contributed by atoms with E-state index in [2.05, 4.69) is 20.6 Å². The number of nitrogens with zero attached hydrogens (tertiary/aromatic N) is 5. The number of fused-ring (bicyclic) bond motifs is 1. The maximum Gasteiger partial charge on any atom is 0.254 e. The third kappa shape index (κ3) is 2.91. The minimum absolute atomic E-state index is 0.103. The molecule has 21 heavy (non-hydrogen) atoms. The van der Waals surface area contributed by atoms with Gasteiger partial charge in [-0.2, -0.15) is 5.10 Å². The first kappa shape index (κ1) is 13.3. The maximum atomic E-state index is 11.8. The lowest BCUT2D eigenvalue weighted by Crippen LogP contribution is -2.24. The number of hydrogen-bond donors (Lipinski definition) is 1. The van der Waals surface area contributed by atoms with Crippen molar-refractivity contribution in [2.75, 3.05) is 6.54 Å². The van der Waals surface area contributed by atoms with Crippen molar-refractivity contribution in [2.24, 2.45) is 7.05 Å². The quantitative estimate of drug-likeness (QED) is 0.704. The number of amides is 1. The molecule has 0 aliphatic rings. The third-order valence-corrected chi connectivity index (χ3v) is 3.21. The van der Waals surface area contributed by atoms with E-state index in [1.165, 1.54) is 0 Å². The summed E-state index contributed by atoms with van der Waals surface area (Å²) in [5.74, 6) is 0.801. The molecule has 0 unspecified atom stereocenters. The minimum atomic E-state index is -0.103. The second kappa shape index (κ2) is 5.74. The van der Waals surface area contributed by atoms with Crippen LogP contribution in [0.3, 0.4) is 0 Å². The van der Waals surface area contributed by atoms with Crippen molar-refractivity contribution < 1.29 is 4.79 Å². The lowest BCUT2D eigenvalue weighted by molar-refractivity contribution is 0.0953. The fourth-order valence-corrected chi connectivity index (χ4v) is 2.15. The second-order valence-electron chi connectivity index (χ2n) is 4.81. The van der Waals surface area contributed by atoms with Crippen LogP contribution in [-0.2, 0) is 13.5 Å². The van der Waals surface area contributed by atoms with Crippen molar-refractivity contribution >= 4 is 11.6 Å². The van der Waals surface area contributed by atoms with E-state index in [4.69, 9.17) is 0 Å². The van der Waals surface area contributed by atoms with Crippen LogP contribution in [-0.4, -0.2) is 36.8 Å². The monoisotopic (exact) mass is 284 g/mol. The first-order valence-corrected chi connectivity index (χ1v) is 6.79. The molecule has 0 spiro atoms. The predicted octanol–water partition coefficient (Wildman–Crippen LogP) is 0.825. The van der Waals surface area contributed by atoms with E-state index in [-0.39, 0.29) is 5.91 Å². The fraction of sp³-hybridized carbons (Fsp3) is 0.286. The molecule has 0 aromatic carbocycles. The SMILES string of the molecule is Cn1cc(C(=O)NCCCc2nnc3ccccn23)cn1. The third-order valence-electron chi connectivity index (χ3n) is 3.21. The van der Waals surface area contributed by atoms with Gasteiger partial charge in [-0.3, -0.25) is 13.9 Å². The van der Waals surface area contributed by atoms with Gasteiger partial charge in [0.2, 0.25) is 0 Å². The summed E-state index contributed by atoms with van der Waals surface area (Å²) in [6, 6.07) is 5.80. The molecule has 3 aromatic heterocycles. The van der Waals surface area contributed by atoms with E-state index < -0.39 is 0 Å². The molecular formula is C14H16N6O. The summed E-state index contributed by atoms with van der Waals surface area (Å²) >= 11 is 0. The van der Waals surface area contributed by atoms with Crippen LogP contribution in [0.15, 0.2) is 36.8 Å². The summed E-state index contributed by atoms with van der Waals surface area (Å²) < 4.78 is 3.57. The van der Waals surface area contributed by atoms with E-state index in [0.29, 0.717) is 12.1 Å². The van der Waals surface area contributed by atoms with E-state index in [0.717, 1.165) is 24.3 Å². The molecule has 3 aromatic rings. The minimum Gasteiger partial charge on any atom is -0.352 e. The summed E-state index contributed by atoms with van der Waals surface area (Å²) in [4.78, 5) is 11.8. The molecule has 0 fully saturated rings. The maximum absolute atomic E-state index is 11.8. The largest absolute Gasteiger partial charge is 0.352 e. The van der Waals surface area contributed by atoms with Crippen molar-refractivity contribution in [1.82, 2.24) is 29.7 Å². The van der Waals surface area contributed by atoms with Gasteiger partial charge in [0.05, 0.1) is 11.8 Å². The number of carbonyl (C=O) groups excluding carboxylic acids is 1. The molecule has 1 N–H and O–H groups in total. The van der Waals surface area contributed by atoms with Crippen LogP contribution in [0, 0.1) is 0 Å². The zero-order valence-corrected chi connectivity index (χ0v) is 11.7. The average Bonchev–Trinajstić information content (AvgIpc) is 3.10. The standard InChI is InChI=1S/C14H16N6O/c1-19-10-11(9-16-19)14(21)15-7-4-6-13-18-17-12-5-2-3-8-20(12)13/h2-3,5,8-10H,4,6-7H2,1H3,(H,15,21). The molecule has 0 saturated heterocycles. The topological polar surface area (TPSA) is 77.1 Å². The van der Waals surface area contributed by atoms with Crippen molar-refractivity contribution in [3.8, 4) is 0 Å². The Morgan fingerprint density at radius 2 is 2.24 bits per heavy atom. The first-order valence-electron chi connectivity index (χ1n) is 6.79. The zero-order valence-electron chi connectivity index (χ0n) is 11.7. The Kier molecular flexibility index (Phi) is 3.63. The number of nitrogens with one attached hydrogen (secondary N) is 1. The van der Waals surface area contributed by atoms with Crippen LogP contribution in [0.5, 0.6) is 0 Å². The van der Waals surface area contributed by atoms with Crippen LogP contribution in [0.25, 0.3) is 5.65 Å². The van der Waals surface area contributed by atoms with Gasteiger partial charge in [0.15, 0.2) is 5.65 Å². The Labute approximate surface area is 121 Å². The van der Waals surface area contributed by atoms with Crippen LogP contribution in [0.1, 0.15) is 22.6 Å². The summed E-state index contributed by atoms with van der Waals surface area (Å²) in [6.45, 7) is 0.593. The van der Waals surface area contributed by atoms with Crippen molar-refractivity contribution in [3.63, 3.8) is 0 Å². The van der Waals surface area contributed by atoms with Gasteiger partial charge in [0, 0.05) is 32.4 Å². The summed E-state index contributed by atoms with van der Waals surface area (Å²) in [5.41, 5.74) is 1.41. The van der Waals surface area contributed by atoms with Crippen LogP contribution in [0.4, 0.5) is 0 Å². The highest BCUT2D eigenvalue weighted by atomic mass is 16.1. The molecule has 0 aliphatic heterocycles. The highest BCUT2D eigenvalue weighted by Crippen LogP contribution is 2.04. The fourth-order valence-electron chi connectivity index (χ4n) is 2.15. The molecular weight excluding hydrogens is 268 g/mol.